The molecule has 120 valence electrons. The maximum atomic E-state index is 12.9. The highest BCUT2D eigenvalue weighted by Gasteiger charge is 2.14. The molecule has 0 bridgehead atoms. The number of nitrogens with zero attached hydrogens (tertiary/aromatic N) is 4. The quantitative estimate of drug-likeness (QED) is 0.693. The van der Waals surface area contributed by atoms with Gasteiger partial charge in [0.1, 0.15) is 12.4 Å². The van der Waals surface area contributed by atoms with Crippen molar-refractivity contribution in [2.75, 3.05) is 0 Å². The molecule has 2 aromatic heterocycles. The van der Waals surface area contributed by atoms with Crippen LogP contribution in [0.1, 0.15) is 31.5 Å². The summed E-state index contributed by atoms with van der Waals surface area (Å²) in [6.45, 7) is 2.11. The Bertz CT molecular complexity index is 835. The van der Waals surface area contributed by atoms with E-state index in [0.717, 1.165) is 23.9 Å². The number of rotatable bonds is 6. The number of aryl methyl sites for hydroxylation is 1. The molecule has 2 heterocycles. The highest BCUT2D eigenvalue weighted by atomic mass is 19.1. The maximum absolute atomic E-state index is 12.9. The number of hydrogen-bond donors (Lipinski definition) is 0. The van der Waals surface area contributed by atoms with E-state index in [9.17, 15) is 9.18 Å². The smallest absolute Gasteiger partial charge is 0.388 e. The van der Waals surface area contributed by atoms with Gasteiger partial charge >= 0.3 is 5.76 Å². The molecule has 1 aromatic carbocycles. The molecule has 23 heavy (non-hydrogen) atoms. The minimum absolute atomic E-state index is 0.0304. The van der Waals surface area contributed by atoms with Crippen LogP contribution in [0.3, 0.4) is 0 Å². The Labute approximate surface area is 130 Å². The van der Waals surface area contributed by atoms with Crippen LogP contribution in [0, 0.1) is 5.82 Å². The van der Waals surface area contributed by atoms with Gasteiger partial charge in [0.15, 0.2) is 5.82 Å². The van der Waals surface area contributed by atoms with Gasteiger partial charge in [0.05, 0.1) is 0 Å². The number of unbranched alkanes of at least 4 members (excludes halogenated alkanes) is 1. The molecule has 3 rings (SSSR count). The summed E-state index contributed by atoms with van der Waals surface area (Å²) in [5.41, 5.74) is 0.511. The zero-order valence-electron chi connectivity index (χ0n) is 12.5. The van der Waals surface area contributed by atoms with Gasteiger partial charge in [-0.25, -0.2) is 9.18 Å². The third kappa shape index (κ3) is 3.53. The van der Waals surface area contributed by atoms with Crippen LogP contribution in [0.25, 0.3) is 11.5 Å². The maximum Gasteiger partial charge on any atom is 0.437 e. The normalized spacial score (nSPS) is 11.0. The Balaban J connectivity index is 1.77. The van der Waals surface area contributed by atoms with E-state index < -0.39 is 5.76 Å². The number of benzene rings is 1. The standard InChI is InChI=1S/C15H15FN4O3/c1-2-3-4-12-17-13(23-19-12)9-20-15(21)22-14(18-20)10-5-7-11(16)8-6-10/h5-8H,2-4,9H2,1H3. The number of hydrogen-bond acceptors (Lipinski definition) is 6. The van der Waals surface area contributed by atoms with Crippen LogP contribution >= 0.6 is 0 Å². The minimum atomic E-state index is -0.641. The van der Waals surface area contributed by atoms with Crippen molar-refractivity contribution in [2.45, 2.75) is 32.7 Å². The van der Waals surface area contributed by atoms with Gasteiger partial charge in [-0.2, -0.15) is 9.67 Å². The lowest BCUT2D eigenvalue weighted by Crippen LogP contribution is -2.16. The third-order valence-electron chi connectivity index (χ3n) is 3.25. The molecule has 7 nitrogen and oxygen atoms in total. The highest BCUT2D eigenvalue weighted by molar-refractivity contribution is 5.51. The molecule has 0 unspecified atom stereocenters. The summed E-state index contributed by atoms with van der Waals surface area (Å²) in [6.07, 6.45) is 2.74. The lowest BCUT2D eigenvalue weighted by atomic mass is 10.2. The van der Waals surface area contributed by atoms with E-state index in [-0.39, 0.29) is 24.1 Å². The Morgan fingerprint density at radius 3 is 2.78 bits per heavy atom. The average Bonchev–Trinajstić information content (AvgIpc) is 3.14. The van der Waals surface area contributed by atoms with Gasteiger partial charge in [0.2, 0.25) is 11.8 Å². The van der Waals surface area contributed by atoms with Gasteiger partial charge in [0, 0.05) is 12.0 Å². The van der Waals surface area contributed by atoms with Crippen molar-refractivity contribution in [3.8, 4) is 11.5 Å². The fourth-order valence-corrected chi connectivity index (χ4v) is 2.03. The summed E-state index contributed by atoms with van der Waals surface area (Å²) in [7, 11) is 0. The monoisotopic (exact) mass is 318 g/mol. The van der Waals surface area contributed by atoms with Crippen molar-refractivity contribution in [1.82, 2.24) is 19.9 Å². The fraction of sp³-hybridized carbons (Fsp3) is 0.333. The Hall–Kier alpha value is -2.77. The number of aromatic nitrogens is 4. The predicted molar refractivity (Wildman–Crippen MR) is 78.2 cm³/mol. The molecule has 3 aromatic rings. The zero-order chi connectivity index (χ0) is 16.2. The van der Waals surface area contributed by atoms with E-state index in [2.05, 4.69) is 22.2 Å². The van der Waals surface area contributed by atoms with Gasteiger partial charge in [-0.15, -0.1) is 5.10 Å². The van der Waals surface area contributed by atoms with Gasteiger partial charge < -0.3 is 8.94 Å². The van der Waals surface area contributed by atoms with Gasteiger partial charge in [-0.3, -0.25) is 0 Å². The van der Waals surface area contributed by atoms with Crippen molar-refractivity contribution in [3.63, 3.8) is 0 Å². The Kier molecular flexibility index (Phi) is 4.31. The first-order valence-electron chi connectivity index (χ1n) is 7.31. The molecule has 0 aliphatic carbocycles. The first-order valence-corrected chi connectivity index (χ1v) is 7.31. The topological polar surface area (TPSA) is 87.0 Å². The SMILES string of the molecule is CCCCc1noc(Cn2nc(-c3ccc(F)cc3)oc2=O)n1. The zero-order valence-corrected chi connectivity index (χ0v) is 12.5. The predicted octanol–water partition coefficient (Wildman–Crippen LogP) is 2.42. The molecular formula is C15H15FN4O3. The third-order valence-corrected chi connectivity index (χ3v) is 3.25. The molecule has 0 N–H and O–H groups in total. The van der Waals surface area contributed by atoms with Crippen LogP contribution in [0.2, 0.25) is 0 Å². The molecular weight excluding hydrogens is 303 g/mol. The van der Waals surface area contributed by atoms with E-state index in [1.807, 2.05) is 0 Å². The molecule has 0 radical (unpaired) electrons. The van der Waals surface area contributed by atoms with E-state index >= 15 is 0 Å². The summed E-state index contributed by atoms with van der Waals surface area (Å²) >= 11 is 0. The van der Waals surface area contributed by atoms with Gasteiger partial charge in [-0.05, 0) is 30.7 Å². The Morgan fingerprint density at radius 2 is 2.04 bits per heavy atom. The first kappa shape index (κ1) is 15.1. The van der Waals surface area contributed by atoms with Crippen LogP contribution < -0.4 is 5.76 Å². The Morgan fingerprint density at radius 1 is 1.26 bits per heavy atom. The summed E-state index contributed by atoms with van der Waals surface area (Å²) in [6, 6.07) is 5.51. The molecule has 0 saturated carbocycles. The molecule has 0 atom stereocenters. The molecule has 8 heteroatoms. The van der Waals surface area contributed by atoms with Crippen molar-refractivity contribution in [2.24, 2.45) is 0 Å². The summed E-state index contributed by atoms with van der Waals surface area (Å²) < 4.78 is 24.2. The molecule has 0 amide bonds. The van der Waals surface area contributed by atoms with E-state index in [4.69, 9.17) is 8.94 Å². The van der Waals surface area contributed by atoms with Crippen LogP contribution in [0.5, 0.6) is 0 Å². The summed E-state index contributed by atoms with van der Waals surface area (Å²) in [4.78, 5) is 16.0. The van der Waals surface area contributed by atoms with E-state index in [1.54, 1.807) is 0 Å². The van der Waals surface area contributed by atoms with Crippen LogP contribution in [0.4, 0.5) is 4.39 Å². The number of halogens is 1. The second-order valence-corrected chi connectivity index (χ2v) is 5.05. The second-order valence-electron chi connectivity index (χ2n) is 5.05. The molecule has 0 saturated heterocycles. The van der Waals surface area contributed by atoms with Crippen LogP contribution in [-0.2, 0) is 13.0 Å². The van der Waals surface area contributed by atoms with Crippen LogP contribution in [-0.4, -0.2) is 19.9 Å². The summed E-state index contributed by atoms with van der Waals surface area (Å²) in [5, 5.41) is 7.92. The second kappa shape index (κ2) is 6.55. The highest BCUT2D eigenvalue weighted by Crippen LogP contribution is 2.15. The van der Waals surface area contributed by atoms with E-state index in [1.165, 1.54) is 24.3 Å². The van der Waals surface area contributed by atoms with Gasteiger partial charge in [0.25, 0.3) is 0 Å². The molecule has 0 aliphatic rings. The van der Waals surface area contributed by atoms with Crippen molar-refractivity contribution < 1.29 is 13.3 Å². The molecule has 0 aliphatic heterocycles. The largest absolute Gasteiger partial charge is 0.437 e. The summed E-state index contributed by atoms with van der Waals surface area (Å²) in [5.74, 6) is -0.00587. The lowest BCUT2D eigenvalue weighted by Gasteiger charge is -1.93. The van der Waals surface area contributed by atoms with Crippen LogP contribution in [0.15, 0.2) is 38.0 Å². The van der Waals surface area contributed by atoms with Crippen molar-refractivity contribution in [3.05, 3.63) is 52.3 Å². The van der Waals surface area contributed by atoms with Crippen molar-refractivity contribution >= 4 is 0 Å². The van der Waals surface area contributed by atoms with Gasteiger partial charge in [-0.1, -0.05) is 18.5 Å². The minimum Gasteiger partial charge on any atom is -0.388 e. The van der Waals surface area contributed by atoms with E-state index in [0.29, 0.717) is 11.4 Å². The lowest BCUT2D eigenvalue weighted by molar-refractivity contribution is 0.355. The fourth-order valence-electron chi connectivity index (χ4n) is 2.03. The van der Waals surface area contributed by atoms with Crippen molar-refractivity contribution in [1.29, 1.82) is 0 Å². The average molecular weight is 318 g/mol. The molecule has 0 spiro atoms. The molecule has 0 fully saturated rings. The first-order chi connectivity index (χ1) is 11.2.